The third-order valence-corrected chi connectivity index (χ3v) is 4.48. The number of hydrogen-bond donors (Lipinski definition) is 1. The van der Waals surface area contributed by atoms with E-state index in [1.165, 1.54) is 12.1 Å². The van der Waals surface area contributed by atoms with Crippen molar-refractivity contribution in [2.75, 3.05) is 11.1 Å². The average Bonchev–Trinajstić information content (AvgIpc) is 2.46. The quantitative estimate of drug-likeness (QED) is 0.551. The van der Waals surface area contributed by atoms with Crippen molar-refractivity contribution in [3.8, 4) is 0 Å². The second-order valence-corrected chi connectivity index (χ2v) is 6.36. The van der Waals surface area contributed by atoms with Gasteiger partial charge in [0.15, 0.2) is 0 Å². The Labute approximate surface area is 137 Å². The van der Waals surface area contributed by atoms with Gasteiger partial charge in [-0.3, -0.25) is 0 Å². The number of benzene rings is 2. The van der Waals surface area contributed by atoms with Crippen LogP contribution in [0.25, 0.3) is 0 Å². The molecule has 124 valence electrons. The van der Waals surface area contributed by atoms with E-state index in [-0.39, 0.29) is 5.69 Å². The number of anilines is 1. The fourth-order valence-corrected chi connectivity index (χ4v) is 2.81. The molecule has 0 saturated heterocycles. The molecule has 0 atom stereocenters. The van der Waals surface area contributed by atoms with Gasteiger partial charge in [-0.1, -0.05) is 29.8 Å². The van der Waals surface area contributed by atoms with E-state index < -0.39 is 17.7 Å². The molecule has 0 aliphatic rings. The lowest BCUT2D eigenvalue weighted by molar-refractivity contribution is -0.105. The fraction of sp³-hybridized carbons (Fsp3) is 0.294. The molecule has 0 aliphatic heterocycles. The molecular formula is C17H17F4NS. The first-order chi connectivity index (χ1) is 10.7. The Morgan fingerprint density at radius 3 is 2.30 bits per heavy atom. The van der Waals surface area contributed by atoms with Gasteiger partial charge < -0.3 is 5.32 Å². The fourth-order valence-electron chi connectivity index (χ4n) is 2.01. The first kappa shape index (κ1) is 17.7. The average molecular weight is 343 g/mol. The topological polar surface area (TPSA) is 12.0 Å². The van der Waals surface area contributed by atoms with Crippen LogP contribution in [0, 0.1) is 19.7 Å². The van der Waals surface area contributed by atoms with E-state index in [4.69, 9.17) is 0 Å². The van der Waals surface area contributed by atoms with Gasteiger partial charge in [0.25, 0.3) is 0 Å². The van der Waals surface area contributed by atoms with Crippen LogP contribution in [0.1, 0.15) is 16.7 Å². The van der Waals surface area contributed by atoms with Gasteiger partial charge in [-0.25, -0.2) is 4.39 Å². The molecule has 0 amide bonds. The van der Waals surface area contributed by atoms with Gasteiger partial charge in [-0.05, 0) is 37.1 Å². The molecule has 2 rings (SSSR count). The summed E-state index contributed by atoms with van der Waals surface area (Å²) in [6.45, 7) is 3.98. The van der Waals surface area contributed by atoms with Crippen molar-refractivity contribution >= 4 is 17.4 Å². The van der Waals surface area contributed by atoms with Crippen LogP contribution in [0.3, 0.4) is 0 Å². The van der Waals surface area contributed by atoms with Crippen LogP contribution in [0.5, 0.6) is 0 Å². The van der Waals surface area contributed by atoms with E-state index in [9.17, 15) is 17.6 Å². The van der Waals surface area contributed by atoms with Crippen LogP contribution in [-0.4, -0.2) is 11.9 Å². The van der Waals surface area contributed by atoms with Crippen molar-refractivity contribution < 1.29 is 17.6 Å². The van der Waals surface area contributed by atoms with Crippen molar-refractivity contribution in [1.82, 2.24) is 0 Å². The van der Waals surface area contributed by atoms with Crippen LogP contribution in [0.15, 0.2) is 41.3 Å². The van der Waals surface area contributed by atoms with Gasteiger partial charge in [0, 0.05) is 11.4 Å². The van der Waals surface area contributed by atoms with E-state index in [1.807, 2.05) is 31.2 Å². The normalized spacial score (nSPS) is 11.6. The Bertz CT molecular complexity index is 666. The molecule has 0 saturated carbocycles. The molecule has 0 bridgehead atoms. The zero-order valence-electron chi connectivity index (χ0n) is 12.8. The molecule has 23 heavy (non-hydrogen) atoms. The second-order valence-electron chi connectivity index (χ2n) is 5.34. The Morgan fingerprint density at radius 1 is 1.04 bits per heavy atom. The standard InChI is InChI=1S/C17H17F4NS/c1-11-3-5-13(6-4-11)9-22-15-8-16(12(2)7-14(15)18)23-10-17(19,20)21/h3-8,22H,9-10H2,1-2H3. The molecule has 0 radical (unpaired) electrons. The maximum absolute atomic E-state index is 14.0. The molecule has 6 heteroatoms. The summed E-state index contributed by atoms with van der Waals surface area (Å²) in [6, 6.07) is 10.5. The largest absolute Gasteiger partial charge is 0.398 e. The number of halogens is 4. The van der Waals surface area contributed by atoms with Gasteiger partial charge in [-0.2, -0.15) is 13.2 Å². The maximum Gasteiger partial charge on any atom is 0.398 e. The Hall–Kier alpha value is -1.69. The Kier molecular flexibility index (Phi) is 5.57. The summed E-state index contributed by atoms with van der Waals surface area (Å²) in [6.07, 6.45) is -4.25. The highest BCUT2D eigenvalue weighted by Crippen LogP contribution is 2.32. The van der Waals surface area contributed by atoms with E-state index >= 15 is 0 Å². The lowest BCUT2D eigenvalue weighted by Crippen LogP contribution is -2.11. The first-order valence-electron chi connectivity index (χ1n) is 7.04. The molecule has 1 N–H and O–H groups in total. The van der Waals surface area contributed by atoms with Crippen molar-refractivity contribution in [3.63, 3.8) is 0 Å². The third-order valence-electron chi connectivity index (χ3n) is 3.26. The lowest BCUT2D eigenvalue weighted by Gasteiger charge is -2.13. The smallest absolute Gasteiger partial charge is 0.379 e. The molecule has 0 aromatic heterocycles. The SMILES string of the molecule is Cc1ccc(CNc2cc(SCC(F)(F)F)c(C)cc2F)cc1. The highest BCUT2D eigenvalue weighted by molar-refractivity contribution is 7.99. The van der Waals surface area contributed by atoms with Gasteiger partial charge in [0.05, 0.1) is 11.4 Å². The molecule has 0 aliphatic carbocycles. The van der Waals surface area contributed by atoms with Crippen LogP contribution >= 0.6 is 11.8 Å². The van der Waals surface area contributed by atoms with Crippen LogP contribution in [0.4, 0.5) is 23.2 Å². The predicted octanol–water partition coefficient (Wildman–Crippen LogP) is 5.71. The summed E-state index contributed by atoms with van der Waals surface area (Å²) in [5.74, 6) is -1.46. The minimum atomic E-state index is -4.25. The van der Waals surface area contributed by atoms with E-state index in [0.717, 1.165) is 11.1 Å². The van der Waals surface area contributed by atoms with Crippen molar-refractivity contribution in [1.29, 1.82) is 0 Å². The summed E-state index contributed by atoms with van der Waals surface area (Å²) in [4.78, 5) is 0.426. The number of nitrogens with one attached hydrogen (secondary N) is 1. The maximum atomic E-state index is 14.0. The Balaban J connectivity index is 2.10. The van der Waals surface area contributed by atoms with Gasteiger partial charge in [0.1, 0.15) is 5.82 Å². The van der Waals surface area contributed by atoms with E-state index in [2.05, 4.69) is 5.32 Å². The van der Waals surface area contributed by atoms with Gasteiger partial charge in [-0.15, -0.1) is 11.8 Å². The molecule has 1 nitrogen and oxygen atoms in total. The van der Waals surface area contributed by atoms with Crippen molar-refractivity contribution in [2.45, 2.75) is 31.5 Å². The molecule has 0 spiro atoms. The molecule has 0 fully saturated rings. The zero-order chi connectivity index (χ0) is 17.0. The van der Waals surface area contributed by atoms with Crippen molar-refractivity contribution in [2.24, 2.45) is 0 Å². The molecule has 2 aromatic carbocycles. The number of aryl methyl sites for hydroxylation is 2. The molecule has 2 aromatic rings. The minimum Gasteiger partial charge on any atom is -0.379 e. The van der Waals surface area contributed by atoms with Crippen LogP contribution < -0.4 is 5.32 Å². The van der Waals surface area contributed by atoms with Crippen LogP contribution in [0.2, 0.25) is 0 Å². The zero-order valence-corrected chi connectivity index (χ0v) is 13.6. The molecular weight excluding hydrogens is 326 g/mol. The highest BCUT2D eigenvalue weighted by Gasteiger charge is 2.27. The second kappa shape index (κ2) is 7.25. The summed E-state index contributed by atoms with van der Waals surface area (Å²) < 4.78 is 51.0. The first-order valence-corrected chi connectivity index (χ1v) is 8.02. The minimum absolute atomic E-state index is 0.209. The van der Waals surface area contributed by atoms with Gasteiger partial charge in [0.2, 0.25) is 0 Å². The Morgan fingerprint density at radius 2 is 1.70 bits per heavy atom. The monoisotopic (exact) mass is 343 g/mol. The van der Waals surface area contributed by atoms with E-state index in [0.29, 0.717) is 28.8 Å². The van der Waals surface area contributed by atoms with Crippen LogP contribution in [-0.2, 0) is 6.54 Å². The third kappa shape index (κ3) is 5.46. The summed E-state index contributed by atoms with van der Waals surface area (Å²) >= 11 is 0.669. The lowest BCUT2D eigenvalue weighted by atomic mass is 10.1. The van der Waals surface area contributed by atoms with E-state index in [1.54, 1.807) is 6.92 Å². The summed E-state index contributed by atoms with van der Waals surface area (Å²) in [7, 11) is 0. The molecule has 0 heterocycles. The molecule has 0 unspecified atom stereocenters. The number of rotatable bonds is 5. The summed E-state index contributed by atoms with van der Waals surface area (Å²) in [5, 5.41) is 2.94. The highest BCUT2D eigenvalue weighted by atomic mass is 32.2. The predicted molar refractivity (Wildman–Crippen MR) is 86.4 cm³/mol. The van der Waals surface area contributed by atoms with Gasteiger partial charge >= 0.3 is 6.18 Å². The number of alkyl halides is 3. The number of hydrogen-bond acceptors (Lipinski definition) is 2. The summed E-state index contributed by atoms with van der Waals surface area (Å²) in [5.41, 5.74) is 2.81. The number of thioether (sulfide) groups is 1. The van der Waals surface area contributed by atoms with Crippen molar-refractivity contribution in [3.05, 3.63) is 58.9 Å².